The summed E-state index contributed by atoms with van der Waals surface area (Å²) in [6.07, 6.45) is 6.80. The van der Waals surface area contributed by atoms with E-state index in [2.05, 4.69) is 48.3 Å². The second-order valence-electron chi connectivity index (χ2n) is 9.95. The van der Waals surface area contributed by atoms with Gasteiger partial charge >= 0.3 is 0 Å². The van der Waals surface area contributed by atoms with Gasteiger partial charge in [0.2, 0.25) is 0 Å². The highest BCUT2D eigenvalue weighted by Gasteiger charge is 2.30. The van der Waals surface area contributed by atoms with Gasteiger partial charge in [-0.3, -0.25) is 9.78 Å². The van der Waals surface area contributed by atoms with Crippen molar-refractivity contribution in [2.24, 2.45) is 5.92 Å². The quantitative estimate of drug-likeness (QED) is 0.211. The first kappa shape index (κ1) is 24.4. The highest BCUT2D eigenvalue weighted by molar-refractivity contribution is 6.31. The second-order valence-corrected chi connectivity index (χ2v) is 10.4. The third kappa shape index (κ3) is 4.82. The number of carbonyl (C=O) groups excluding carboxylic acids is 1. The summed E-state index contributed by atoms with van der Waals surface area (Å²) in [6.45, 7) is 3.67. The van der Waals surface area contributed by atoms with Crippen LogP contribution in [0.25, 0.3) is 39.0 Å². The van der Waals surface area contributed by atoms with E-state index in [1.807, 2.05) is 52.0 Å². The van der Waals surface area contributed by atoms with Crippen molar-refractivity contribution in [3.63, 3.8) is 0 Å². The third-order valence-electron chi connectivity index (χ3n) is 7.13. The number of amides is 1. The Morgan fingerprint density at radius 3 is 2.45 bits per heavy atom. The molecule has 1 aliphatic carbocycles. The maximum Gasteiger partial charge on any atom is 0.257 e. The summed E-state index contributed by atoms with van der Waals surface area (Å²) in [4.78, 5) is 20.5. The number of nitrogens with zero attached hydrogens (tertiary/aromatic N) is 4. The predicted octanol–water partition coefficient (Wildman–Crippen LogP) is 7.67. The Labute approximate surface area is 227 Å². The van der Waals surface area contributed by atoms with Crippen molar-refractivity contribution in [1.29, 1.82) is 0 Å². The summed E-state index contributed by atoms with van der Waals surface area (Å²) in [7, 11) is 0. The molecule has 0 saturated heterocycles. The Bertz CT molecular complexity index is 1590. The molecular weight excluding hydrogens is 492 g/mol. The maximum absolute atomic E-state index is 14.0. The number of rotatable bonds is 8. The first-order chi connectivity index (χ1) is 18.6. The third-order valence-corrected chi connectivity index (χ3v) is 7.37. The number of pyridine rings is 1. The Morgan fingerprint density at radius 2 is 1.71 bits per heavy atom. The summed E-state index contributed by atoms with van der Waals surface area (Å²) in [6, 6.07) is 26.3. The molecule has 0 aliphatic heterocycles. The van der Waals surface area contributed by atoms with Crippen molar-refractivity contribution in [1.82, 2.24) is 19.7 Å². The molecular formula is C32H29ClN4O. The van der Waals surface area contributed by atoms with Crippen molar-refractivity contribution in [3.05, 3.63) is 102 Å². The summed E-state index contributed by atoms with van der Waals surface area (Å²) in [5, 5.41) is 6.33. The molecule has 3 aromatic carbocycles. The van der Waals surface area contributed by atoms with E-state index in [-0.39, 0.29) is 5.91 Å². The minimum atomic E-state index is 0.0357. The molecule has 5 nitrogen and oxygen atoms in total. The summed E-state index contributed by atoms with van der Waals surface area (Å²) < 4.78 is 1.88. The molecule has 0 unspecified atom stereocenters. The molecule has 2 heterocycles. The molecule has 5 aromatic rings. The van der Waals surface area contributed by atoms with Crippen molar-refractivity contribution in [2.75, 3.05) is 13.1 Å². The number of hydrogen-bond acceptors (Lipinski definition) is 3. The van der Waals surface area contributed by atoms with E-state index in [0.29, 0.717) is 16.5 Å². The number of fused-ring (bicyclic) bond motifs is 1. The number of aromatic nitrogens is 3. The highest BCUT2D eigenvalue weighted by atomic mass is 35.5. The zero-order chi connectivity index (χ0) is 26.1. The molecule has 0 bridgehead atoms. The average molecular weight is 521 g/mol. The van der Waals surface area contributed by atoms with Gasteiger partial charge in [0.05, 0.1) is 28.7 Å². The Balaban J connectivity index is 1.49. The normalized spacial score (nSPS) is 13.1. The lowest BCUT2D eigenvalue weighted by Crippen LogP contribution is -2.33. The van der Waals surface area contributed by atoms with Crippen LogP contribution in [0.3, 0.4) is 0 Å². The van der Waals surface area contributed by atoms with Gasteiger partial charge in [-0.15, -0.1) is 0 Å². The molecule has 1 amide bonds. The smallest absolute Gasteiger partial charge is 0.257 e. The minimum Gasteiger partial charge on any atom is -0.338 e. The van der Waals surface area contributed by atoms with Gasteiger partial charge in [0, 0.05) is 35.3 Å². The van der Waals surface area contributed by atoms with Crippen LogP contribution in [0.15, 0.2) is 91.3 Å². The van der Waals surface area contributed by atoms with Crippen LogP contribution in [-0.4, -0.2) is 38.7 Å². The van der Waals surface area contributed by atoms with Gasteiger partial charge < -0.3 is 4.90 Å². The van der Waals surface area contributed by atoms with Crippen molar-refractivity contribution in [3.8, 4) is 28.1 Å². The van der Waals surface area contributed by atoms with Crippen molar-refractivity contribution >= 4 is 28.4 Å². The zero-order valence-electron chi connectivity index (χ0n) is 21.3. The van der Waals surface area contributed by atoms with Crippen LogP contribution in [0.4, 0.5) is 0 Å². The van der Waals surface area contributed by atoms with E-state index in [1.165, 1.54) is 12.8 Å². The van der Waals surface area contributed by atoms with E-state index in [1.54, 1.807) is 12.4 Å². The molecule has 38 heavy (non-hydrogen) atoms. The SMILES string of the molecule is CCCN(CC1CC1)C(=O)c1cnn(-c2ccnc3cc(Cl)ccc23)c1-c1ccc(-c2ccccc2)cc1. The Kier molecular flexibility index (Phi) is 6.69. The summed E-state index contributed by atoms with van der Waals surface area (Å²) in [5.74, 6) is 0.650. The van der Waals surface area contributed by atoms with Crippen molar-refractivity contribution in [2.45, 2.75) is 26.2 Å². The van der Waals surface area contributed by atoms with E-state index >= 15 is 0 Å². The highest BCUT2D eigenvalue weighted by Crippen LogP contribution is 2.34. The lowest BCUT2D eigenvalue weighted by molar-refractivity contribution is 0.0748. The average Bonchev–Trinajstić information content (AvgIpc) is 3.67. The molecule has 2 aromatic heterocycles. The summed E-state index contributed by atoms with van der Waals surface area (Å²) >= 11 is 6.25. The van der Waals surface area contributed by atoms with Gasteiger partial charge in [0.15, 0.2) is 0 Å². The standard InChI is InChI=1S/C32H29ClN4O/c1-2-18-36(21-22-8-9-22)32(38)28-20-35-37(30-16-17-34-29-19-26(33)14-15-27(29)30)31(28)25-12-10-24(11-13-25)23-6-4-3-5-7-23/h3-7,10-17,19-20,22H,2,8-9,18,21H2,1H3. The lowest BCUT2D eigenvalue weighted by Gasteiger charge is -2.22. The molecule has 1 aliphatic rings. The van der Waals surface area contributed by atoms with Crippen LogP contribution in [0, 0.1) is 5.92 Å². The predicted molar refractivity (Wildman–Crippen MR) is 154 cm³/mol. The van der Waals surface area contributed by atoms with E-state index in [9.17, 15) is 4.79 Å². The number of hydrogen-bond donors (Lipinski definition) is 0. The van der Waals surface area contributed by atoms with Gasteiger partial charge in [-0.25, -0.2) is 4.68 Å². The van der Waals surface area contributed by atoms with E-state index in [0.717, 1.165) is 58.5 Å². The van der Waals surface area contributed by atoms with Crippen LogP contribution in [-0.2, 0) is 0 Å². The fourth-order valence-corrected chi connectivity index (χ4v) is 5.20. The minimum absolute atomic E-state index is 0.0357. The fraction of sp³-hybridized carbons (Fsp3) is 0.219. The largest absolute Gasteiger partial charge is 0.338 e. The molecule has 0 spiro atoms. The maximum atomic E-state index is 14.0. The van der Waals surface area contributed by atoms with Gasteiger partial charge in [0.1, 0.15) is 0 Å². The summed E-state index contributed by atoms with van der Waals surface area (Å²) in [5.41, 5.74) is 6.26. The van der Waals surface area contributed by atoms with Crippen molar-refractivity contribution < 1.29 is 4.79 Å². The zero-order valence-corrected chi connectivity index (χ0v) is 22.1. The first-order valence-corrected chi connectivity index (χ1v) is 13.6. The molecule has 190 valence electrons. The molecule has 0 N–H and O–H groups in total. The second kappa shape index (κ2) is 10.4. The van der Waals surface area contributed by atoms with Crippen LogP contribution in [0.5, 0.6) is 0 Å². The van der Waals surface area contributed by atoms with Gasteiger partial charge in [-0.05, 0) is 60.6 Å². The fourth-order valence-electron chi connectivity index (χ4n) is 5.04. The molecule has 6 heteroatoms. The number of benzene rings is 3. The Hall–Kier alpha value is -3.96. The van der Waals surface area contributed by atoms with Crippen LogP contribution in [0.2, 0.25) is 5.02 Å². The molecule has 6 rings (SSSR count). The van der Waals surface area contributed by atoms with Gasteiger partial charge in [0.25, 0.3) is 5.91 Å². The molecule has 1 fully saturated rings. The van der Waals surface area contributed by atoms with Gasteiger partial charge in [-0.2, -0.15) is 5.10 Å². The Morgan fingerprint density at radius 1 is 0.974 bits per heavy atom. The molecule has 0 atom stereocenters. The van der Waals surface area contributed by atoms with E-state index < -0.39 is 0 Å². The van der Waals surface area contributed by atoms with E-state index in [4.69, 9.17) is 16.7 Å². The monoisotopic (exact) mass is 520 g/mol. The molecule has 1 saturated carbocycles. The van der Waals surface area contributed by atoms with Crippen LogP contribution >= 0.6 is 11.6 Å². The van der Waals surface area contributed by atoms with Crippen LogP contribution < -0.4 is 0 Å². The van der Waals surface area contributed by atoms with Gasteiger partial charge in [-0.1, -0.05) is 73.1 Å². The lowest BCUT2D eigenvalue weighted by atomic mass is 10.0. The first-order valence-electron chi connectivity index (χ1n) is 13.2. The molecule has 0 radical (unpaired) electrons. The van der Waals surface area contributed by atoms with Crippen LogP contribution in [0.1, 0.15) is 36.5 Å². The number of halogens is 1. The number of carbonyl (C=O) groups is 1. The topological polar surface area (TPSA) is 51.0 Å².